The van der Waals surface area contributed by atoms with Gasteiger partial charge >= 0.3 is 11.9 Å². The van der Waals surface area contributed by atoms with Crippen molar-refractivity contribution in [3.63, 3.8) is 0 Å². The Morgan fingerprint density at radius 3 is 1.74 bits per heavy atom. The van der Waals surface area contributed by atoms with Crippen LogP contribution in [0.3, 0.4) is 0 Å². The van der Waals surface area contributed by atoms with Gasteiger partial charge in [0.05, 0.1) is 0 Å². The van der Waals surface area contributed by atoms with E-state index in [-0.39, 0.29) is 6.61 Å². The Balaban J connectivity index is 0.000000505. The Morgan fingerprint density at radius 2 is 1.21 bits per heavy atom. The first-order valence-corrected chi connectivity index (χ1v) is 12.4. The predicted molar refractivity (Wildman–Crippen MR) is 143 cm³/mol. The molecule has 0 amide bonds. The van der Waals surface area contributed by atoms with Crippen LogP contribution in [0.1, 0.15) is 16.7 Å². The molecule has 1 fully saturated rings. The molecule has 0 spiro atoms. The molecular weight excluding hydrogens is 486 g/mol. The third kappa shape index (κ3) is 7.04. The van der Waals surface area contributed by atoms with E-state index in [9.17, 15) is 5.11 Å². The van der Waals surface area contributed by atoms with Gasteiger partial charge in [0.15, 0.2) is 0 Å². The van der Waals surface area contributed by atoms with E-state index < -0.39 is 18.0 Å². The number of aliphatic carboxylic acids is 2. The van der Waals surface area contributed by atoms with Crippen LogP contribution >= 0.6 is 0 Å². The zero-order chi connectivity index (χ0) is 26.9. The number of aliphatic hydroxyl groups is 1. The molecule has 0 aromatic heterocycles. The van der Waals surface area contributed by atoms with Crippen molar-refractivity contribution in [2.75, 3.05) is 39.3 Å². The van der Waals surface area contributed by atoms with Gasteiger partial charge in [-0.15, -0.1) is 0 Å². The molecule has 2 aliphatic rings. The highest BCUT2D eigenvalue weighted by atomic mass is 16.6. The van der Waals surface area contributed by atoms with E-state index in [1.54, 1.807) is 0 Å². The molecule has 198 valence electrons. The van der Waals surface area contributed by atoms with Crippen molar-refractivity contribution in [3.05, 3.63) is 95.6 Å². The number of nitrogens with zero attached hydrogens (tertiary/aromatic N) is 3. The minimum atomic E-state index is -1.82. The second kappa shape index (κ2) is 13.0. The third-order valence-corrected chi connectivity index (χ3v) is 6.44. The van der Waals surface area contributed by atoms with Crippen LogP contribution in [0.2, 0.25) is 0 Å². The first-order valence-electron chi connectivity index (χ1n) is 12.4. The number of carboxylic acids is 2. The molecule has 3 aromatic carbocycles. The lowest BCUT2D eigenvalue weighted by atomic mass is 10.1. The average Bonchev–Trinajstić information content (AvgIpc) is 3.24. The molecule has 0 bridgehead atoms. The van der Waals surface area contributed by atoms with Crippen LogP contribution in [-0.4, -0.2) is 88.2 Å². The van der Waals surface area contributed by atoms with Gasteiger partial charge in [0.2, 0.25) is 0 Å². The van der Waals surface area contributed by atoms with Crippen LogP contribution in [0.25, 0.3) is 11.1 Å². The normalized spacial score (nSPS) is 15.4. The summed E-state index contributed by atoms with van der Waals surface area (Å²) >= 11 is 0. The highest BCUT2D eigenvalue weighted by Crippen LogP contribution is 2.36. The highest BCUT2D eigenvalue weighted by Gasteiger charge is 2.25. The van der Waals surface area contributed by atoms with E-state index >= 15 is 0 Å². The van der Waals surface area contributed by atoms with Crippen molar-refractivity contribution >= 4 is 17.7 Å². The van der Waals surface area contributed by atoms with Crippen molar-refractivity contribution in [1.82, 2.24) is 9.80 Å². The topological polar surface area (TPSA) is 123 Å². The fourth-order valence-corrected chi connectivity index (χ4v) is 4.60. The first kappa shape index (κ1) is 27.0. The van der Waals surface area contributed by atoms with Crippen LogP contribution in [0.5, 0.6) is 0 Å². The average molecular weight is 518 g/mol. The number of hydrogen-bond acceptors (Lipinski definition) is 7. The van der Waals surface area contributed by atoms with E-state index in [0.717, 1.165) is 49.6 Å². The highest BCUT2D eigenvalue weighted by molar-refractivity contribution is 6.27. The van der Waals surface area contributed by atoms with Crippen molar-refractivity contribution in [2.45, 2.75) is 12.6 Å². The lowest BCUT2D eigenvalue weighted by Crippen LogP contribution is -2.48. The number of aliphatic hydroxyl groups excluding tert-OH is 1. The molecule has 3 N–H and O–H groups in total. The fraction of sp³-hybridized carbons (Fsp3) is 0.276. The molecule has 9 heteroatoms. The third-order valence-electron chi connectivity index (χ3n) is 6.44. The van der Waals surface area contributed by atoms with Gasteiger partial charge in [-0.25, -0.2) is 9.59 Å². The molecule has 0 radical (unpaired) electrons. The van der Waals surface area contributed by atoms with Crippen LogP contribution < -0.4 is 0 Å². The number of β-amino-alcohol motifs (C(OH)–C–C–N with tert-alkyl or cyclic N) is 1. The Labute approximate surface area is 221 Å². The first-order chi connectivity index (χ1) is 18.4. The fourth-order valence-electron chi connectivity index (χ4n) is 4.60. The maximum atomic E-state index is 10.5. The quantitative estimate of drug-likeness (QED) is 0.253. The molecular formula is C29H31N3O6. The van der Waals surface area contributed by atoms with Gasteiger partial charge in [-0.2, -0.15) is 0 Å². The van der Waals surface area contributed by atoms with Crippen LogP contribution in [0, 0.1) is 0 Å². The van der Waals surface area contributed by atoms with Crippen molar-refractivity contribution in [1.29, 1.82) is 0 Å². The molecule has 1 aliphatic heterocycles. The zero-order valence-corrected chi connectivity index (χ0v) is 20.9. The smallest absolute Gasteiger partial charge is 0.414 e. The summed E-state index contributed by atoms with van der Waals surface area (Å²) in [5.74, 6) is -3.65. The Bertz CT molecular complexity index is 1210. The Morgan fingerprint density at radius 1 is 0.737 bits per heavy atom. The maximum absolute atomic E-state index is 10.5. The van der Waals surface area contributed by atoms with Gasteiger partial charge in [-0.05, 0) is 16.7 Å². The summed E-state index contributed by atoms with van der Waals surface area (Å²) in [6.45, 7) is 5.73. The van der Waals surface area contributed by atoms with Crippen molar-refractivity contribution in [2.24, 2.45) is 5.16 Å². The summed E-state index contributed by atoms with van der Waals surface area (Å²) < 4.78 is 0. The number of hydrogen-bond donors (Lipinski definition) is 3. The van der Waals surface area contributed by atoms with Gasteiger partial charge in [-0.1, -0.05) is 84.0 Å². The van der Waals surface area contributed by atoms with Gasteiger partial charge in [-0.3, -0.25) is 9.80 Å². The number of carbonyl (C=O) groups is 2. The lowest BCUT2D eigenvalue weighted by molar-refractivity contribution is -0.159. The summed E-state index contributed by atoms with van der Waals surface area (Å²) in [6, 6.07) is 27.1. The van der Waals surface area contributed by atoms with Crippen LogP contribution in [-0.2, 0) is 21.0 Å². The van der Waals surface area contributed by atoms with Crippen LogP contribution in [0.15, 0.2) is 84.0 Å². The van der Waals surface area contributed by atoms with Crippen molar-refractivity contribution in [3.8, 4) is 11.1 Å². The number of fused-ring (bicyclic) bond motifs is 3. The van der Waals surface area contributed by atoms with Gasteiger partial charge in [0.1, 0.15) is 18.4 Å². The predicted octanol–water partition coefficient (Wildman–Crippen LogP) is 2.77. The zero-order valence-electron chi connectivity index (χ0n) is 20.9. The monoisotopic (exact) mass is 517 g/mol. The van der Waals surface area contributed by atoms with Gasteiger partial charge in [0.25, 0.3) is 0 Å². The summed E-state index contributed by atoms with van der Waals surface area (Å²) in [6.07, 6.45) is -0.563. The van der Waals surface area contributed by atoms with Crippen LogP contribution in [0.4, 0.5) is 0 Å². The number of piperazine rings is 1. The van der Waals surface area contributed by atoms with E-state index in [0.29, 0.717) is 6.54 Å². The Kier molecular flexibility index (Phi) is 9.21. The second-order valence-corrected chi connectivity index (χ2v) is 9.15. The molecule has 1 atom stereocenters. The van der Waals surface area contributed by atoms with Gasteiger partial charge < -0.3 is 20.2 Å². The summed E-state index contributed by atoms with van der Waals surface area (Å²) in [4.78, 5) is 28.6. The minimum Gasteiger partial charge on any atom is -0.473 e. The molecule has 1 unspecified atom stereocenters. The largest absolute Gasteiger partial charge is 0.473 e. The number of carboxylic acid groups (broad SMARTS) is 2. The molecule has 1 saturated heterocycles. The maximum Gasteiger partial charge on any atom is 0.414 e. The van der Waals surface area contributed by atoms with Crippen molar-refractivity contribution < 1.29 is 29.7 Å². The summed E-state index contributed by atoms with van der Waals surface area (Å²) in [7, 11) is 0. The summed E-state index contributed by atoms with van der Waals surface area (Å²) in [5, 5.41) is 29.7. The molecule has 38 heavy (non-hydrogen) atoms. The molecule has 0 saturated carbocycles. The number of rotatable bonds is 7. The standard InChI is InChI=1S/C27H29N3O2.C2H2O4/c31-22(19-30-16-14-29(15-17-30)18-21-8-2-1-3-9-21)20-32-28-27-25-12-6-4-10-23(25)24-11-5-7-13-26(24)27;3-1(4)2(5)6/h1-13,22,31H,14-20H2;(H,3,4)(H,5,6). The van der Waals surface area contributed by atoms with E-state index in [4.69, 9.17) is 24.6 Å². The molecule has 9 nitrogen and oxygen atoms in total. The minimum absolute atomic E-state index is 0.193. The van der Waals surface area contributed by atoms with E-state index in [1.807, 2.05) is 24.3 Å². The molecule has 1 aliphatic carbocycles. The van der Waals surface area contributed by atoms with Gasteiger partial charge in [0, 0.05) is 50.4 Å². The molecule has 5 rings (SSSR count). The molecule has 3 aromatic rings. The summed E-state index contributed by atoms with van der Waals surface area (Å²) in [5.41, 5.74) is 6.72. The molecule has 1 heterocycles. The van der Waals surface area contributed by atoms with E-state index in [1.165, 1.54) is 16.7 Å². The number of oxime groups is 1. The Hall–Kier alpha value is -4.05. The number of benzene rings is 3. The SMILES string of the molecule is O=C(O)C(=O)O.OC(CON=C1c2ccccc2-c2ccccc21)CN1CCN(Cc2ccccc2)CC1. The second-order valence-electron chi connectivity index (χ2n) is 9.15. The lowest BCUT2D eigenvalue weighted by Gasteiger charge is -2.35. The van der Waals surface area contributed by atoms with E-state index in [2.05, 4.69) is 69.6 Å².